The molecule has 0 aromatic heterocycles. The molecule has 1 rings (SSSR count). The summed E-state index contributed by atoms with van der Waals surface area (Å²) < 4.78 is 11.7. The lowest BCUT2D eigenvalue weighted by Crippen LogP contribution is -2.29. The normalized spacial score (nSPS) is 14.7. The first-order valence-corrected chi connectivity index (χ1v) is 8.89. The molecule has 1 aromatic rings. The third-order valence-electron chi connectivity index (χ3n) is 3.54. The van der Waals surface area contributed by atoms with Gasteiger partial charge in [-0.1, -0.05) is 67.9 Å². The van der Waals surface area contributed by atoms with Gasteiger partial charge >= 0.3 is 0 Å². The smallest absolute Gasteiger partial charge is 0.100 e. The van der Waals surface area contributed by atoms with E-state index < -0.39 is 0 Å². The van der Waals surface area contributed by atoms with Crippen LogP contribution in [0.1, 0.15) is 51.7 Å². The number of ether oxygens (including phenoxy) is 2. The number of hydrogen-bond acceptors (Lipinski definition) is 2. The van der Waals surface area contributed by atoms with Gasteiger partial charge in [-0.3, -0.25) is 0 Å². The molecular weight excluding hydrogens is 328 g/mol. The zero-order valence-corrected chi connectivity index (χ0v) is 15.6. The summed E-state index contributed by atoms with van der Waals surface area (Å²) in [5.74, 6) is 1.12. The molecule has 1 aromatic carbocycles. The number of hydrogen-bond donors (Lipinski definition) is 0. The average Bonchev–Trinajstić information content (AvgIpc) is 2.46. The maximum Gasteiger partial charge on any atom is 0.100 e. The van der Waals surface area contributed by atoms with Gasteiger partial charge in [0.15, 0.2) is 0 Å². The van der Waals surface area contributed by atoms with Crippen molar-refractivity contribution < 1.29 is 9.47 Å². The van der Waals surface area contributed by atoms with E-state index in [2.05, 4.69) is 74.8 Å². The van der Waals surface area contributed by atoms with Crippen LogP contribution in [0.5, 0.6) is 0 Å². The van der Waals surface area contributed by atoms with Crippen LogP contribution in [0, 0.1) is 5.92 Å². The van der Waals surface area contributed by atoms with Gasteiger partial charge in [-0.25, -0.2) is 0 Å². The summed E-state index contributed by atoms with van der Waals surface area (Å²) >= 11 is 3.58. The van der Waals surface area contributed by atoms with Gasteiger partial charge in [0.2, 0.25) is 0 Å². The number of halogens is 1. The van der Waals surface area contributed by atoms with Gasteiger partial charge in [0.05, 0.1) is 13.2 Å². The Balaban J connectivity index is 2.58. The summed E-state index contributed by atoms with van der Waals surface area (Å²) in [4.78, 5) is 0. The fourth-order valence-corrected chi connectivity index (χ4v) is 2.55. The largest absolute Gasteiger partial charge is 0.379 e. The van der Waals surface area contributed by atoms with Crippen molar-refractivity contribution in [2.75, 3.05) is 25.2 Å². The second-order valence-corrected chi connectivity index (χ2v) is 7.02. The molecule has 0 heterocycles. The Labute approximate surface area is 138 Å². The lowest BCUT2D eigenvalue weighted by Gasteiger charge is -2.29. The zero-order chi connectivity index (χ0) is 15.9. The van der Waals surface area contributed by atoms with E-state index in [0.717, 1.165) is 11.9 Å². The Morgan fingerprint density at radius 1 is 1.05 bits per heavy atom. The van der Waals surface area contributed by atoms with Crippen molar-refractivity contribution in [3.63, 3.8) is 0 Å². The molecule has 0 saturated carbocycles. The first kappa shape index (κ1) is 18.7. The third-order valence-corrected chi connectivity index (χ3v) is 4.61. The SMILES string of the molecule is CC(C)COCCOC(C)(CBr)c1ccc(C(C)C)cc1. The maximum atomic E-state index is 6.08. The van der Waals surface area contributed by atoms with E-state index in [1.54, 1.807) is 0 Å². The summed E-state index contributed by atoms with van der Waals surface area (Å²) in [6.45, 7) is 12.9. The van der Waals surface area contributed by atoms with Gasteiger partial charge in [-0.15, -0.1) is 0 Å². The second-order valence-electron chi connectivity index (χ2n) is 6.46. The lowest BCUT2D eigenvalue weighted by molar-refractivity contribution is -0.0485. The van der Waals surface area contributed by atoms with Crippen LogP contribution < -0.4 is 0 Å². The van der Waals surface area contributed by atoms with E-state index in [0.29, 0.717) is 25.0 Å². The molecule has 0 bridgehead atoms. The maximum absolute atomic E-state index is 6.08. The van der Waals surface area contributed by atoms with E-state index in [1.165, 1.54) is 11.1 Å². The Morgan fingerprint density at radius 2 is 1.67 bits per heavy atom. The number of benzene rings is 1. The molecule has 0 N–H and O–H groups in total. The lowest BCUT2D eigenvalue weighted by atomic mass is 9.94. The van der Waals surface area contributed by atoms with Crippen LogP contribution >= 0.6 is 15.9 Å². The van der Waals surface area contributed by atoms with Crippen LogP contribution in [-0.4, -0.2) is 25.2 Å². The zero-order valence-electron chi connectivity index (χ0n) is 14.0. The van der Waals surface area contributed by atoms with Crippen molar-refractivity contribution in [1.82, 2.24) is 0 Å². The minimum absolute atomic E-state index is 0.309. The predicted octanol–water partition coefficient (Wildman–Crippen LogP) is 5.11. The van der Waals surface area contributed by atoms with E-state index in [1.807, 2.05) is 0 Å². The first-order valence-electron chi connectivity index (χ1n) is 7.77. The Bertz CT molecular complexity index is 400. The van der Waals surface area contributed by atoms with Gasteiger partial charge < -0.3 is 9.47 Å². The van der Waals surface area contributed by atoms with Gasteiger partial charge in [-0.05, 0) is 29.9 Å². The molecule has 2 nitrogen and oxygen atoms in total. The summed E-state index contributed by atoms with van der Waals surface area (Å²) in [5, 5.41) is 0.769. The Morgan fingerprint density at radius 3 is 2.14 bits per heavy atom. The van der Waals surface area contributed by atoms with Crippen molar-refractivity contribution in [3.05, 3.63) is 35.4 Å². The van der Waals surface area contributed by atoms with E-state index >= 15 is 0 Å². The van der Waals surface area contributed by atoms with Crippen LogP contribution in [0.4, 0.5) is 0 Å². The molecule has 0 saturated heterocycles. The van der Waals surface area contributed by atoms with Crippen LogP contribution in [0.2, 0.25) is 0 Å². The van der Waals surface area contributed by atoms with E-state index in [4.69, 9.17) is 9.47 Å². The molecule has 0 amide bonds. The number of rotatable bonds is 9. The summed E-state index contributed by atoms with van der Waals surface area (Å²) in [7, 11) is 0. The molecule has 1 unspecified atom stereocenters. The predicted molar refractivity (Wildman–Crippen MR) is 93.3 cm³/mol. The number of alkyl halides is 1. The molecule has 0 fully saturated rings. The van der Waals surface area contributed by atoms with Crippen molar-refractivity contribution in [2.45, 2.75) is 46.1 Å². The fourth-order valence-electron chi connectivity index (χ4n) is 2.06. The highest BCUT2D eigenvalue weighted by atomic mass is 79.9. The van der Waals surface area contributed by atoms with Gasteiger partial charge in [-0.2, -0.15) is 0 Å². The minimum atomic E-state index is -0.309. The van der Waals surface area contributed by atoms with E-state index in [-0.39, 0.29) is 5.60 Å². The van der Waals surface area contributed by atoms with Crippen molar-refractivity contribution in [3.8, 4) is 0 Å². The summed E-state index contributed by atoms with van der Waals surface area (Å²) in [5.41, 5.74) is 2.25. The molecular formula is C18H29BrO2. The van der Waals surface area contributed by atoms with Crippen LogP contribution in [0.3, 0.4) is 0 Å². The molecule has 0 radical (unpaired) electrons. The van der Waals surface area contributed by atoms with Crippen LogP contribution in [-0.2, 0) is 15.1 Å². The first-order chi connectivity index (χ1) is 9.89. The monoisotopic (exact) mass is 356 g/mol. The average molecular weight is 357 g/mol. The molecule has 120 valence electrons. The topological polar surface area (TPSA) is 18.5 Å². The molecule has 1 atom stereocenters. The molecule has 21 heavy (non-hydrogen) atoms. The van der Waals surface area contributed by atoms with Crippen molar-refractivity contribution >= 4 is 15.9 Å². The molecule has 0 aliphatic rings. The second kappa shape index (κ2) is 8.92. The summed E-state index contributed by atoms with van der Waals surface area (Å²) in [6, 6.07) is 8.73. The van der Waals surface area contributed by atoms with Crippen molar-refractivity contribution in [2.24, 2.45) is 5.92 Å². The van der Waals surface area contributed by atoms with Crippen LogP contribution in [0.25, 0.3) is 0 Å². The van der Waals surface area contributed by atoms with Crippen molar-refractivity contribution in [1.29, 1.82) is 0 Å². The third kappa shape index (κ3) is 6.09. The van der Waals surface area contributed by atoms with Gasteiger partial charge in [0.25, 0.3) is 0 Å². The quantitative estimate of drug-likeness (QED) is 0.452. The highest BCUT2D eigenvalue weighted by Crippen LogP contribution is 2.29. The highest BCUT2D eigenvalue weighted by Gasteiger charge is 2.26. The van der Waals surface area contributed by atoms with Gasteiger partial charge in [0.1, 0.15) is 5.60 Å². The Kier molecular flexibility index (Phi) is 7.93. The molecule has 0 aliphatic carbocycles. The fraction of sp³-hybridized carbons (Fsp3) is 0.667. The standard InChI is InChI=1S/C18H29BrO2/c1-14(2)12-20-10-11-21-18(5,13-19)17-8-6-16(7-9-17)15(3)4/h6-9,14-15H,10-13H2,1-5H3. The van der Waals surface area contributed by atoms with Gasteiger partial charge in [0, 0.05) is 11.9 Å². The molecule has 3 heteroatoms. The summed E-state index contributed by atoms with van der Waals surface area (Å²) in [6.07, 6.45) is 0. The van der Waals surface area contributed by atoms with E-state index in [9.17, 15) is 0 Å². The highest BCUT2D eigenvalue weighted by molar-refractivity contribution is 9.09. The van der Waals surface area contributed by atoms with Crippen LogP contribution in [0.15, 0.2) is 24.3 Å². The Hall–Kier alpha value is -0.380. The minimum Gasteiger partial charge on any atom is -0.379 e. The molecule has 0 spiro atoms. The molecule has 0 aliphatic heterocycles.